The summed E-state index contributed by atoms with van der Waals surface area (Å²) < 4.78 is 0. The summed E-state index contributed by atoms with van der Waals surface area (Å²) in [5.74, 6) is 1.25. The molecule has 0 spiro atoms. The van der Waals surface area contributed by atoms with E-state index >= 15 is 0 Å². The number of hydrogen-bond donors (Lipinski definition) is 1. The van der Waals surface area contributed by atoms with Gasteiger partial charge >= 0.3 is 0 Å². The maximum absolute atomic E-state index is 12.7. The van der Waals surface area contributed by atoms with Crippen LogP contribution in [0, 0.1) is 11.8 Å². The van der Waals surface area contributed by atoms with Gasteiger partial charge in [-0.2, -0.15) is 0 Å². The first-order valence-electron chi connectivity index (χ1n) is 7.96. The van der Waals surface area contributed by atoms with Gasteiger partial charge in [0.1, 0.15) is 0 Å². The van der Waals surface area contributed by atoms with Gasteiger partial charge in [0.05, 0.1) is 12.0 Å². The maximum atomic E-state index is 12.7. The van der Waals surface area contributed by atoms with E-state index in [1.54, 1.807) is 0 Å². The second kappa shape index (κ2) is 4.45. The molecule has 0 aromatic heterocycles. The van der Waals surface area contributed by atoms with E-state index < -0.39 is 0 Å². The summed E-state index contributed by atoms with van der Waals surface area (Å²) in [4.78, 5) is 17.5. The molecule has 4 rings (SSSR count). The third-order valence-corrected chi connectivity index (χ3v) is 5.92. The summed E-state index contributed by atoms with van der Waals surface area (Å²) in [5.41, 5.74) is 0. The smallest absolute Gasteiger partial charge is 0.227 e. The molecular formula is C15H24N2O2. The lowest BCUT2D eigenvalue weighted by atomic mass is 9.70. The third-order valence-electron chi connectivity index (χ3n) is 5.92. The van der Waals surface area contributed by atoms with E-state index in [1.165, 1.54) is 19.3 Å². The average molecular weight is 264 g/mol. The summed E-state index contributed by atoms with van der Waals surface area (Å²) >= 11 is 0. The lowest BCUT2D eigenvalue weighted by molar-refractivity contribution is -0.160. The predicted molar refractivity (Wildman–Crippen MR) is 71.6 cm³/mol. The Kier molecular flexibility index (Phi) is 2.85. The molecule has 19 heavy (non-hydrogen) atoms. The highest BCUT2D eigenvalue weighted by Gasteiger charge is 2.51. The summed E-state index contributed by atoms with van der Waals surface area (Å²) in [5, 5.41) is 9.91. The van der Waals surface area contributed by atoms with Crippen LogP contribution in [0.25, 0.3) is 0 Å². The van der Waals surface area contributed by atoms with Crippen molar-refractivity contribution in [1.29, 1.82) is 0 Å². The Morgan fingerprint density at radius 2 is 1.95 bits per heavy atom. The fourth-order valence-electron chi connectivity index (χ4n) is 5.01. The number of carbonyl (C=O) groups is 1. The zero-order chi connectivity index (χ0) is 13.0. The third kappa shape index (κ3) is 1.83. The van der Waals surface area contributed by atoms with E-state index in [9.17, 15) is 9.90 Å². The van der Waals surface area contributed by atoms with Crippen molar-refractivity contribution in [2.24, 2.45) is 11.8 Å². The Bertz CT molecular complexity index is 386. The molecule has 4 nitrogen and oxygen atoms in total. The molecule has 0 saturated carbocycles. The quantitative estimate of drug-likeness (QED) is 0.705. The first kappa shape index (κ1) is 12.2. The first-order chi connectivity index (χ1) is 9.24. The zero-order valence-corrected chi connectivity index (χ0v) is 11.5. The second-order valence-corrected chi connectivity index (χ2v) is 6.94. The number of aliphatic hydroxyl groups is 1. The minimum absolute atomic E-state index is 0.169. The van der Waals surface area contributed by atoms with Gasteiger partial charge in [-0.1, -0.05) is 0 Å². The van der Waals surface area contributed by atoms with E-state index in [1.807, 2.05) is 0 Å². The molecule has 5 atom stereocenters. The molecule has 1 amide bonds. The molecule has 4 saturated heterocycles. The van der Waals surface area contributed by atoms with Crippen molar-refractivity contribution in [1.82, 2.24) is 9.80 Å². The van der Waals surface area contributed by atoms with Crippen LogP contribution >= 0.6 is 0 Å². The number of amides is 1. The molecule has 0 radical (unpaired) electrons. The van der Waals surface area contributed by atoms with Gasteiger partial charge in [-0.05, 0) is 44.4 Å². The fraction of sp³-hybridized carbons (Fsp3) is 0.933. The number of rotatable bonds is 0. The number of hydrogen-bond acceptors (Lipinski definition) is 3. The molecule has 4 heterocycles. The van der Waals surface area contributed by atoms with Crippen molar-refractivity contribution in [2.75, 3.05) is 19.6 Å². The van der Waals surface area contributed by atoms with Gasteiger partial charge in [0.25, 0.3) is 0 Å². The second-order valence-electron chi connectivity index (χ2n) is 6.94. The lowest BCUT2D eigenvalue weighted by Crippen LogP contribution is -2.66. The van der Waals surface area contributed by atoms with E-state index in [2.05, 4.69) is 9.80 Å². The Morgan fingerprint density at radius 3 is 2.84 bits per heavy atom. The van der Waals surface area contributed by atoms with Crippen LogP contribution in [0.15, 0.2) is 0 Å². The minimum Gasteiger partial charge on any atom is -0.393 e. The van der Waals surface area contributed by atoms with Crippen molar-refractivity contribution in [2.45, 2.75) is 56.7 Å². The van der Waals surface area contributed by atoms with E-state index in [4.69, 9.17) is 0 Å². The molecule has 0 aliphatic carbocycles. The van der Waals surface area contributed by atoms with Crippen LogP contribution in [0.4, 0.5) is 0 Å². The van der Waals surface area contributed by atoms with Crippen molar-refractivity contribution < 1.29 is 9.90 Å². The zero-order valence-electron chi connectivity index (χ0n) is 11.5. The van der Waals surface area contributed by atoms with Crippen LogP contribution in [-0.2, 0) is 4.79 Å². The molecule has 4 aliphatic heterocycles. The highest BCUT2D eigenvalue weighted by molar-refractivity contribution is 5.81. The Hall–Kier alpha value is -0.610. The maximum Gasteiger partial charge on any atom is 0.227 e. The van der Waals surface area contributed by atoms with Crippen molar-refractivity contribution in [3.8, 4) is 0 Å². The SMILES string of the molecule is O=C1[C@@H]2C[C@@H](CN3CC[C@H](O)C[C@@H]23)[C@H]2CCCCN12. The molecule has 0 aromatic rings. The van der Waals surface area contributed by atoms with Gasteiger partial charge in [-0.15, -0.1) is 0 Å². The minimum atomic E-state index is -0.190. The molecule has 2 bridgehead atoms. The van der Waals surface area contributed by atoms with E-state index in [0.29, 0.717) is 23.9 Å². The number of piperidine rings is 4. The summed E-state index contributed by atoms with van der Waals surface area (Å²) in [6, 6.07) is 0.834. The van der Waals surface area contributed by atoms with Crippen LogP contribution in [-0.4, -0.2) is 58.6 Å². The molecule has 4 aliphatic rings. The van der Waals surface area contributed by atoms with Crippen molar-refractivity contribution in [3.05, 3.63) is 0 Å². The molecule has 0 aromatic carbocycles. The van der Waals surface area contributed by atoms with Crippen LogP contribution in [0.3, 0.4) is 0 Å². The normalized spacial score (nSPS) is 46.7. The topological polar surface area (TPSA) is 43.8 Å². The lowest BCUT2D eigenvalue weighted by Gasteiger charge is -2.56. The Morgan fingerprint density at radius 1 is 1.05 bits per heavy atom. The van der Waals surface area contributed by atoms with E-state index in [-0.39, 0.29) is 12.0 Å². The number of fused-ring (bicyclic) bond motifs is 6. The average Bonchev–Trinajstić information content (AvgIpc) is 2.45. The van der Waals surface area contributed by atoms with Gasteiger partial charge in [0, 0.05) is 31.7 Å². The molecule has 4 heteroatoms. The molecule has 0 unspecified atom stereocenters. The molecular weight excluding hydrogens is 240 g/mol. The van der Waals surface area contributed by atoms with Crippen molar-refractivity contribution >= 4 is 5.91 Å². The Balaban J connectivity index is 1.62. The number of carbonyl (C=O) groups excluding carboxylic acids is 1. The molecule has 106 valence electrons. The molecule has 4 fully saturated rings. The van der Waals surface area contributed by atoms with Gasteiger partial charge in [0.15, 0.2) is 0 Å². The standard InChI is InChI=1S/C15H24N2O2/c18-11-4-6-16-9-10-7-12(14(16)8-11)15(19)17-5-2-1-3-13(10)17/h10-14,18H,1-9H2/t10-,11-,12+,13+,14-/m0/s1. The largest absolute Gasteiger partial charge is 0.393 e. The first-order valence-corrected chi connectivity index (χ1v) is 7.96. The number of nitrogens with zero attached hydrogens (tertiary/aromatic N) is 2. The van der Waals surface area contributed by atoms with Crippen LogP contribution in [0.2, 0.25) is 0 Å². The molecule has 1 N–H and O–H groups in total. The summed E-state index contributed by atoms with van der Waals surface area (Å²) in [7, 11) is 0. The fourth-order valence-corrected chi connectivity index (χ4v) is 5.01. The summed E-state index contributed by atoms with van der Waals surface area (Å²) in [6.45, 7) is 3.12. The van der Waals surface area contributed by atoms with Crippen molar-refractivity contribution in [3.63, 3.8) is 0 Å². The van der Waals surface area contributed by atoms with E-state index in [0.717, 1.165) is 38.9 Å². The Labute approximate surface area is 114 Å². The van der Waals surface area contributed by atoms with Crippen LogP contribution in [0.1, 0.15) is 38.5 Å². The monoisotopic (exact) mass is 264 g/mol. The highest BCUT2D eigenvalue weighted by atomic mass is 16.3. The number of aliphatic hydroxyl groups excluding tert-OH is 1. The highest BCUT2D eigenvalue weighted by Crippen LogP contribution is 2.43. The van der Waals surface area contributed by atoms with Gasteiger partial charge in [-0.25, -0.2) is 0 Å². The van der Waals surface area contributed by atoms with Gasteiger partial charge in [0.2, 0.25) is 5.91 Å². The predicted octanol–water partition coefficient (Wildman–Crippen LogP) is 0.842. The van der Waals surface area contributed by atoms with Crippen LogP contribution in [0.5, 0.6) is 0 Å². The summed E-state index contributed by atoms with van der Waals surface area (Å²) in [6.07, 6.45) is 6.26. The van der Waals surface area contributed by atoms with Gasteiger partial charge < -0.3 is 10.0 Å². The van der Waals surface area contributed by atoms with Gasteiger partial charge in [-0.3, -0.25) is 9.69 Å². The van der Waals surface area contributed by atoms with Crippen LogP contribution < -0.4 is 0 Å².